The third-order valence-corrected chi connectivity index (χ3v) is 8.85. The van der Waals surface area contributed by atoms with Gasteiger partial charge in [-0.05, 0) is 61.3 Å². The van der Waals surface area contributed by atoms with Crippen molar-refractivity contribution in [2.75, 3.05) is 20.5 Å². The predicted octanol–water partition coefficient (Wildman–Crippen LogP) is 7.58. The van der Waals surface area contributed by atoms with E-state index in [4.69, 9.17) is 18.7 Å². The van der Waals surface area contributed by atoms with Crippen LogP contribution in [-0.2, 0) is 28.9 Å². The Morgan fingerprint density at radius 2 is 1.26 bits per heavy atom. The van der Waals surface area contributed by atoms with Gasteiger partial charge in [0.25, 0.3) is 0 Å². The number of benzene rings is 4. The molecule has 4 aromatic rings. The number of para-hydroxylation sites is 1. The fourth-order valence-corrected chi connectivity index (χ4v) is 5.97. The zero-order valence-electron chi connectivity index (χ0n) is 22.7. The Morgan fingerprint density at radius 1 is 0.718 bits per heavy atom. The molecule has 0 aliphatic heterocycles. The molecule has 7 heteroatoms. The lowest BCUT2D eigenvalue weighted by atomic mass is 10.1. The minimum absolute atomic E-state index is 0.0135. The van der Waals surface area contributed by atoms with E-state index in [0.29, 0.717) is 36.9 Å². The largest absolute Gasteiger partial charge is 0.485 e. The molecule has 204 valence electrons. The lowest BCUT2D eigenvalue weighted by molar-refractivity contribution is 0.218. The van der Waals surface area contributed by atoms with Gasteiger partial charge in [0.1, 0.15) is 25.3 Å². The molecule has 2 atom stereocenters. The predicted molar refractivity (Wildman–Crippen MR) is 155 cm³/mol. The summed E-state index contributed by atoms with van der Waals surface area (Å²) in [5.41, 5.74) is 3.19. The second-order valence-electron chi connectivity index (χ2n) is 9.42. The summed E-state index contributed by atoms with van der Waals surface area (Å²) in [5.74, 6) is 1.90. The summed E-state index contributed by atoms with van der Waals surface area (Å²) < 4.78 is 39.3. The number of methoxy groups -OCH3 is 1. The molecule has 4 aromatic carbocycles. The molecular formula is C32H36NO5P. The van der Waals surface area contributed by atoms with Crippen LogP contribution in [0.4, 0.5) is 0 Å². The first kappa shape index (κ1) is 28.4. The van der Waals surface area contributed by atoms with Crippen LogP contribution >= 0.6 is 7.52 Å². The van der Waals surface area contributed by atoms with Gasteiger partial charge in [-0.25, -0.2) is 4.67 Å². The first-order valence-electron chi connectivity index (χ1n) is 13.0. The van der Waals surface area contributed by atoms with Gasteiger partial charge < -0.3 is 18.7 Å². The van der Waals surface area contributed by atoms with Crippen molar-refractivity contribution in [3.63, 3.8) is 0 Å². The summed E-state index contributed by atoms with van der Waals surface area (Å²) in [5, 5.41) is 0. The monoisotopic (exact) mass is 545 g/mol. The van der Waals surface area contributed by atoms with E-state index in [1.807, 2.05) is 111 Å². The van der Waals surface area contributed by atoms with Gasteiger partial charge in [0.15, 0.2) is 11.5 Å². The van der Waals surface area contributed by atoms with E-state index in [1.54, 1.807) is 16.8 Å². The first-order chi connectivity index (χ1) is 19.0. The quantitative estimate of drug-likeness (QED) is 0.152. The van der Waals surface area contributed by atoms with Crippen LogP contribution in [0.1, 0.15) is 23.6 Å². The third kappa shape index (κ3) is 8.21. The fraction of sp³-hybridized carbons (Fsp3) is 0.250. The molecule has 0 aliphatic carbocycles. The van der Waals surface area contributed by atoms with Crippen molar-refractivity contribution in [1.29, 1.82) is 0 Å². The van der Waals surface area contributed by atoms with Crippen LogP contribution in [0.15, 0.2) is 109 Å². The molecule has 4 rings (SSSR count). The number of ether oxygens (including phenoxy) is 3. The highest BCUT2D eigenvalue weighted by Gasteiger charge is 2.34. The number of rotatable bonds is 14. The van der Waals surface area contributed by atoms with Crippen molar-refractivity contribution in [3.8, 4) is 17.2 Å². The van der Waals surface area contributed by atoms with Gasteiger partial charge in [-0.2, -0.15) is 0 Å². The van der Waals surface area contributed by atoms with Crippen molar-refractivity contribution in [2.45, 2.75) is 32.6 Å². The van der Waals surface area contributed by atoms with Crippen LogP contribution in [-0.4, -0.2) is 31.2 Å². The van der Waals surface area contributed by atoms with Crippen molar-refractivity contribution >= 4 is 7.52 Å². The average molecular weight is 546 g/mol. The van der Waals surface area contributed by atoms with E-state index in [-0.39, 0.29) is 12.4 Å². The van der Waals surface area contributed by atoms with E-state index in [2.05, 4.69) is 0 Å². The fourth-order valence-electron chi connectivity index (χ4n) is 4.15. The molecule has 0 N–H and O–H groups in total. The smallest absolute Gasteiger partial charge is 0.344 e. The van der Waals surface area contributed by atoms with E-state index in [9.17, 15) is 4.57 Å². The molecule has 0 aliphatic rings. The average Bonchev–Trinajstić information content (AvgIpc) is 2.97. The Hall–Kier alpha value is -3.57. The molecule has 0 heterocycles. The summed E-state index contributed by atoms with van der Waals surface area (Å²) in [4.78, 5) is 0. The minimum atomic E-state index is -3.29. The number of likely N-dealkylation sites (N-methyl/N-ethyl adjacent to an activating group) is 1. The highest BCUT2D eigenvalue weighted by Crippen LogP contribution is 2.51. The molecule has 39 heavy (non-hydrogen) atoms. The van der Waals surface area contributed by atoms with Crippen molar-refractivity contribution in [1.82, 2.24) is 4.67 Å². The second kappa shape index (κ2) is 14.0. The maximum atomic E-state index is 13.8. The van der Waals surface area contributed by atoms with Crippen LogP contribution in [0, 0.1) is 0 Å². The van der Waals surface area contributed by atoms with Gasteiger partial charge in [0.2, 0.25) is 0 Å². The molecule has 0 saturated carbocycles. The molecule has 6 nitrogen and oxygen atoms in total. The molecule has 0 aromatic heterocycles. The van der Waals surface area contributed by atoms with E-state index in [1.165, 1.54) is 7.11 Å². The molecule has 0 amide bonds. The standard InChI is InChI=1S/C32H36NO5P/c1-26(33(2)39(34,25-35-3)38-30-17-11-6-12-18-30)21-29-19-20-31(36-23-27-13-7-4-8-14-27)32(22-29)37-24-28-15-9-5-10-16-28/h4-20,22,26H,21,23-25H2,1-3H3. The van der Waals surface area contributed by atoms with Crippen LogP contribution in [0.2, 0.25) is 0 Å². The Bertz CT molecular complexity index is 1330. The van der Waals surface area contributed by atoms with E-state index in [0.717, 1.165) is 16.7 Å². The Labute approximate surface area is 231 Å². The SMILES string of the molecule is COCP(=O)(Oc1ccccc1)N(C)C(C)Cc1ccc(OCc2ccccc2)c(OCc2ccccc2)c1. The number of nitrogens with zero attached hydrogens (tertiary/aromatic N) is 1. The zero-order chi connectivity index (χ0) is 27.5. The highest BCUT2D eigenvalue weighted by molar-refractivity contribution is 7.56. The van der Waals surface area contributed by atoms with Gasteiger partial charge in [-0.3, -0.25) is 4.57 Å². The summed E-state index contributed by atoms with van der Waals surface area (Å²) in [7, 11) is 0.0597. The lowest BCUT2D eigenvalue weighted by Crippen LogP contribution is -2.31. The Balaban J connectivity index is 1.51. The first-order valence-corrected chi connectivity index (χ1v) is 14.8. The molecule has 2 unspecified atom stereocenters. The summed E-state index contributed by atoms with van der Waals surface area (Å²) in [6.45, 7) is 2.90. The van der Waals surface area contributed by atoms with Gasteiger partial charge in [0.05, 0.1) is 0 Å². The molecule has 0 fully saturated rings. The maximum Gasteiger partial charge on any atom is 0.344 e. The highest BCUT2D eigenvalue weighted by atomic mass is 31.2. The van der Waals surface area contributed by atoms with Crippen LogP contribution in [0.3, 0.4) is 0 Å². The van der Waals surface area contributed by atoms with Gasteiger partial charge in [-0.1, -0.05) is 84.9 Å². The molecule has 0 bridgehead atoms. The summed E-state index contributed by atoms with van der Waals surface area (Å²) >= 11 is 0. The number of hydrogen-bond acceptors (Lipinski definition) is 5. The third-order valence-electron chi connectivity index (χ3n) is 6.42. The van der Waals surface area contributed by atoms with Gasteiger partial charge in [-0.15, -0.1) is 0 Å². The molecule has 0 radical (unpaired) electrons. The second-order valence-corrected chi connectivity index (χ2v) is 11.8. The Morgan fingerprint density at radius 3 is 1.82 bits per heavy atom. The molecule has 0 saturated heterocycles. The summed E-state index contributed by atoms with van der Waals surface area (Å²) in [6, 6.07) is 35.2. The number of hydrogen-bond donors (Lipinski definition) is 0. The van der Waals surface area contributed by atoms with Crippen LogP contribution in [0.5, 0.6) is 17.2 Å². The van der Waals surface area contributed by atoms with Crippen LogP contribution in [0.25, 0.3) is 0 Å². The molecule has 0 spiro atoms. The van der Waals surface area contributed by atoms with Crippen molar-refractivity contribution < 1.29 is 23.3 Å². The molecular weight excluding hydrogens is 509 g/mol. The van der Waals surface area contributed by atoms with Crippen molar-refractivity contribution in [3.05, 3.63) is 126 Å². The maximum absolute atomic E-state index is 13.8. The Kier molecular flexibility index (Phi) is 10.2. The minimum Gasteiger partial charge on any atom is -0.485 e. The normalized spacial score (nSPS) is 13.4. The van der Waals surface area contributed by atoms with E-state index >= 15 is 0 Å². The summed E-state index contributed by atoms with van der Waals surface area (Å²) in [6.07, 6.45) is 0.615. The van der Waals surface area contributed by atoms with Crippen LogP contribution < -0.4 is 14.0 Å². The van der Waals surface area contributed by atoms with E-state index < -0.39 is 7.52 Å². The zero-order valence-corrected chi connectivity index (χ0v) is 23.6. The topological polar surface area (TPSA) is 57.2 Å². The van der Waals surface area contributed by atoms with Crippen molar-refractivity contribution in [2.24, 2.45) is 0 Å². The lowest BCUT2D eigenvalue weighted by Gasteiger charge is -2.32. The van der Waals surface area contributed by atoms with Gasteiger partial charge >= 0.3 is 7.52 Å². The van der Waals surface area contributed by atoms with Gasteiger partial charge in [0, 0.05) is 13.2 Å².